The monoisotopic (exact) mass is 174 g/mol. The van der Waals surface area contributed by atoms with Crippen LogP contribution in [0.3, 0.4) is 0 Å². The van der Waals surface area contributed by atoms with E-state index in [1.165, 1.54) is 19.4 Å². The van der Waals surface area contributed by atoms with E-state index in [2.05, 4.69) is 11.6 Å². The van der Waals surface area contributed by atoms with Gasteiger partial charge in [0.15, 0.2) is 0 Å². The maximum Gasteiger partial charge on any atom is 0.0282 e. The molecule has 0 bridgehead atoms. The van der Waals surface area contributed by atoms with E-state index in [1.807, 2.05) is 11.8 Å². The Morgan fingerprint density at radius 2 is 2.27 bits per heavy atom. The zero-order valence-corrected chi connectivity index (χ0v) is 8.04. The van der Waals surface area contributed by atoms with Gasteiger partial charge in [-0.25, -0.2) is 0 Å². The van der Waals surface area contributed by atoms with Crippen LogP contribution in [-0.2, 0) is 0 Å². The second-order valence-corrected chi connectivity index (χ2v) is 4.48. The molecule has 3 N–H and O–H groups in total. The molecular formula is C8H18N2S. The van der Waals surface area contributed by atoms with Crippen LogP contribution in [0.4, 0.5) is 0 Å². The van der Waals surface area contributed by atoms with Crippen LogP contribution >= 0.6 is 11.8 Å². The summed E-state index contributed by atoms with van der Waals surface area (Å²) in [5.74, 6) is 0. The third kappa shape index (κ3) is 3.01. The van der Waals surface area contributed by atoms with Crippen molar-refractivity contribution >= 4 is 11.8 Å². The molecule has 0 radical (unpaired) electrons. The molecule has 1 rings (SSSR count). The predicted octanol–water partition coefficient (Wildman–Crippen LogP) is 0.820. The summed E-state index contributed by atoms with van der Waals surface area (Å²) >= 11 is 2.00. The van der Waals surface area contributed by atoms with E-state index in [0.29, 0.717) is 4.75 Å². The molecule has 0 heterocycles. The summed E-state index contributed by atoms with van der Waals surface area (Å²) in [6, 6.07) is 0. The van der Waals surface area contributed by atoms with Gasteiger partial charge in [0.2, 0.25) is 0 Å². The molecule has 2 nitrogen and oxygen atoms in total. The van der Waals surface area contributed by atoms with Gasteiger partial charge in [0, 0.05) is 11.3 Å². The summed E-state index contributed by atoms with van der Waals surface area (Å²) in [6.45, 7) is 3.06. The lowest BCUT2D eigenvalue weighted by Crippen LogP contribution is -2.27. The van der Waals surface area contributed by atoms with Crippen LogP contribution in [0.25, 0.3) is 0 Å². The van der Waals surface area contributed by atoms with E-state index >= 15 is 0 Å². The maximum atomic E-state index is 5.38. The van der Waals surface area contributed by atoms with E-state index in [1.54, 1.807) is 0 Å². The molecule has 0 spiro atoms. The molecule has 11 heavy (non-hydrogen) atoms. The van der Waals surface area contributed by atoms with E-state index in [4.69, 9.17) is 5.73 Å². The Morgan fingerprint density at radius 3 is 2.73 bits per heavy atom. The van der Waals surface area contributed by atoms with Crippen LogP contribution in [0.5, 0.6) is 0 Å². The summed E-state index contributed by atoms with van der Waals surface area (Å²) < 4.78 is 0.606. The van der Waals surface area contributed by atoms with E-state index < -0.39 is 0 Å². The minimum Gasteiger partial charge on any atom is -0.330 e. The second kappa shape index (κ2) is 4.33. The Balaban J connectivity index is 1.94. The molecule has 0 unspecified atom stereocenters. The highest BCUT2D eigenvalue weighted by atomic mass is 32.2. The zero-order valence-electron chi connectivity index (χ0n) is 7.23. The van der Waals surface area contributed by atoms with Crippen LogP contribution in [0.15, 0.2) is 0 Å². The normalized spacial score (nSPS) is 20.2. The van der Waals surface area contributed by atoms with Crippen molar-refractivity contribution in [3.05, 3.63) is 0 Å². The lowest BCUT2D eigenvalue weighted by Gasteiger charge is -2.12. The molecule has 66 valence electrons. The number of nitrogens with one attached hydrogen (secondary N) is 1. The maximum absolute atomic E-state index is 5.38. The van der Waals surface area contributed by atoms with Gasteiger partial charge in [0.05, 0.1) is 0 Å². The first kappa shape index (κ1) is 9.36. The predicted molar refractivity (Wildman–Crippen MR) is 52.0 cm³/mol. The largest absolute Gasteiger partial charge is 0.330 e. The standard InChI is InChI=1S/C8H18N2S/c1-11-8(3-4-8)7-10-6-2-5-9/h10H,2-7,9H2,1H3. The fourth-order valence-corrected chi connectivity index (χ4v) is 1.89. The van der Waals surface area contributed by atoms with Crippen molar-refractivity contribution in [3.8, 4) is 0 Å². The molecule has 0 saturated heterocycles. The number of rotatable bonds is 6. The van der Waals surface area contributed by atoms with Crippen molar-refractivity contribution in [2.24, 2.45) is 5.73 Å². The molecule has 1 saturated carbocycles. The van der Waals surface area contributed by atoms with Crippen LogP contribution in [0.1, 0.15) is 19.3 Å². The number of nitrogens with two attached hydrogens (primary N) is 1. The first-order chi connectivity index (χ1) is 5.33. The Bertz CT molecular complexity index is 113. The third-order valence-corrected chi connectivity index (χ3v) is 3.66. The van der Waals surface area contributed by atoms with Gasteiger partial charge in [-0.1, -0.05) is 0 Å². The van der Waals surface area contributed by atoms with Crippen LogP contribution in [-0.4, -0.2) is 30.6 Å². The van der Waals surface area contributed by atoms with Gasteiger partial charge >= 0.3 is 0 Å². The minimum absolute atomic E-state index is 0.606. The number of hydrogen-bond donors (Lipinski definition) is 2. The van der Waals surface area contributed by atoms with Crippen molar-refractivity contribution in [3.63, 3.8) is 0 Å². The summed E-state index contributed by atoms with van der Waals surface area (Å²) in [4.78, 5) is 0. The molecule has 1 fully saturated rings. The molecule has 0 aliphatic heterocycles. The highest BCUT2D eigenvalue weighted by Gasteiger charge is 2.40. The Kier molecular flexibility index (Phi) is 3.69. The van der Waals surface area contributed by atoms with Gasteiger partial charge in [-0.3, -0.25) is 0 Å². The van der Waals surface area contributed by atoms with Crippen molar-refractivity contribution in [1.82, 2.24) is 5.32 Å². The van der Waals surface area contributed by atoms with Crippen molar-refractivity contribution in [2.45, 2.75) is 24.0 Å². The molecule has 3 heteroatoms. The summed E-state index contributed by atoms with van der Waals surface area (Å²) in [5, 5.41) is 3.44. The molecule has 0 amide bonds. The third-order valence-electron chi connectivity index (χ3n) is 2.25. The summed E-state index contributed by atoms with van der Waals surface area (Å²) in [6.07, 6.45) is 6.09. The van der Waals surface area contributed by atoms with Crippen molar-refractivity contribution in [2.75, 3.05) is 25.9 Å². The molecule has 0 atom stereocenters. The molecule has 1 aliphatic carbocycles. The first-order valence-corrected chi connectivity index (χ1v) is 5.51. The topological polar surface area (TPSA) is 38.0 Å². The average Bonchev–Trinajstić information content (AvgIpc) is 2.80. The smallest absolute Gasteiger partial charge is 0.0282 e. The lowest BCUT2D eigenvalue weighted by molar-refractivity contribution is 0.636. The molecule has 0 aromatic rings. The van der Waals surface area contributed by atoms with Crippen molar-refractivity contribution < 1.29 is 0 Å². The Morgan fingerprint density at radius 1 is 1.55 bits per heavy atom. The van der Waals surface area contributed by atoms with Crippen LogP contribution < -0.4 is 11.1 Å². The van der Waals surface area contributed by atoms with E-state index in [-0.39, 0.29) is 0 Å². The number of hydrogen-bond acceptors (Lipinski definition) is 3. The van der Waals surface area contributed by atoms with Gasteiger partial charge < -0.3 is 11.1 Å². The van der Waals surface area contributed by atoms with E-state index in [0.717, 1.165) is 19.5 Å². The quantitative estimate of drug-likeness (QED) is 0.586. The zero-order chi connectivity index (χ0) is 8.16. The lowest BCUT2D eigenvalue weighted by atomic mass is 10.4. The van der Waals surface area contributed by atoms with E-state index in [9.17, 15) is 0 Å². The van der Waals surface area contributed by atoms with Crippen LogP contribution in [0.2, 0.25) is 0 Å². The Hall–Kier alpha value is 0.270. The van der Waals surface area contributed by atoms with Crippen LogP contribution in [0, 0.1) is 0 Å². The van der Waals surface area contributed by atoms with Gasteiger partial charge in [0.1, 0.15) is 0 Å². The minimum atomic E-state index is 0.606. The highest BCUT2D eigenvalue weighted by molar-refractivity contribution is 8.00. The molecule has 0 aromatic carbocycles. The number of thioether (sulfide) groups is 1. The fourth-order valence-electron chi connectivity index (χ4n) is 1.14. The molecular weight excluding hydrogens is 156 g/mol. The molecule has 1 aliphatic rings. The summed E-state index contributed by atoms with van der Waals surface area (Å²) in [7, 11) is 0. The second-order valence-electron chi connectivity index (χ2n) is 3.21. The van der Waals surface area contributed by atoms with Gasteiger partial charge in [-0.05, 0) is 38.6 Å². The molecule has 0 aromatic heterocycles. The SMILES string of the molecule is CSC1(CNCCCN)CC1. The average molecular weight is 174 g/mol. The first-order valence-electron chi connectivity index (χ1n) is 4.29. The Labute approximate surface area is 73.3 Å². The summed E-state index contributed by atoms with van der Waals surface area (Å²) in [5.41, 5.74) is 5.38. The highest BCUT2D eigenvalue weighted by Crippen LogP contribution is 2.46. The van der Waals surface area contributed by atoms with Gasteiger partial charge in [0.25, 0.3) is 0 Å². The van der Waals surface area contributed by atoms with Crippen molar-refractivity contribution in [1.29, 1.82) is 0 Å². The fraction of sp³-hybridized carbons (Fsp3) is 1.00. The van der Waals surface area contributed by atoms with Gasteiger partial charge in [-0.15, -0.1) is 0 Å². The van der Waals surface area contributed by atoms with Gasteiger partial charge in [-0.2, -0.15) is 11.8 Å².